The topological polar surface area (TPSA) is 82.1 Å². The van der Waals surface area contributed by atoms with Crippen molar-refractivity contribution in [1.82, 2.24) is 0 Å². The Morgan fingerprint density at radius 1 is 1.12 bits per heavy atom. The van der Waals surface area contributed by atoms with Crippen LogP contribution in [0.3, 0.4) is 0 Å². The molecule has 0 rings (SSSR count). The van der Waals surface area contributed by atoms with Crippen LogP contribution in [0.2, 0.25) is 18.1 Å². The van der Waals surface area contributed by atoms with Crippen molar-refractivity contribution < 1.29 is 28.6 Å². The molecule has 0 radical (unpaired) electrons. The standard InChI is InChI=1S/C25H40O6Si/c1-18(2)12-11-13-19(3)23(28)16-24(31-21(5)27)22(17-29-20(4)26)14-15-30-32(9,10)25(6,7)8/h12,14,23-24,28H,3,15-17H2,1-2,4-10H3/b22-14+/t23-,24-/m0/s1. The Labute approximate surface area is 194 Å². The molecule has 0 aromatic heterocycles. The maximum Gasteiger partial charge on any atom is 0.303 e. The van der Waals surface area contributed by atoms with E-state index in [1.807, 2.05) is 13.8 Å². The van der Waals surface area contributed by atoms with Crippen LogP contribution < -0.4 is 0 Å². The zero-order chi connectivity index (χ0) is 25.1. The van der Waals surface area contributed by atoms with Gasteiger partial charge in [-0.1, -0.05) is 50.8 Å². The average Bonchev–Trinajstić information content (AvgIpc) is 2.61. The van der Waals surface area contributed by atoms with Crippen LogP contribution in [0.5, 0.6) is 0 Å². The quantitative estimate of drug-likeness (QED) is 0.218. The normalized spacial score (nSPS) is 13.9. The fraction of sp³-hybridized carbons (Fsp3) is 0.600. The molecule has 0 unspecified atom stereocenters. The molecule has 0 amide bonds. The van der Waals surface area contributed by atoms with Gasteiger partial charge in [0.15, 0.2) is 8.32 Å². The van der Waals surface area contributed by atoms with Crippen molar-refractivity contribution >= 4 is 20.3 Å². The largest absolute Gasteiger partial charge is 0.461 e. The van der Waals surface area contributed by atoms with Gasteiger partial charge < -0.3 is 19.0 Å². The molecule has 0 fully saturated rings. The van der Waals surface area contributed by atoms with Gasteiger partial charge in [0.1, 0.15) is 12.7 Å². The van der Waals surface area contributed by atoms with Gasteiger partial charge in [0, 0.05) is 31.4 Å². The van der Waals surface area contributed by atoms with Gasteiger partial charge in [-0.15, -0.1) is 0 Å². The summed E-state index contributed by atoms with van der Waals surface area (Å²) in [5.41, 5.74) is 1.88. The number of carbonyl (C=O) groups is 2. The van der Waals surface area contributed by atoms with Crippen LogP contribution in [-0.4, -0.2) is 50.8 Å². The number of allylic oxidation sites excluding steroid dienone is 2. The molecule has 6 nitrogen and oxygen atoms in total. The Kier molecular flexibility index (Phi) is 12.5. The Balaban J connectivity index is 5.70. The first-order chi connectivity index (χ1) is 14.6. The molecular weight excluding hydrogens is 424 g/mol. The Hall–Kier alpha value is -2.14. The lowest BCUT2D eigenvalue weighted by Gasteiger charge is -2.36. The number of rotatable bonds is 10. The minimum atomic E-state index is -2.00. The molecule has 0 heterocycles. The van der Waals surface area contributed by atoms with Gasteiger partial charge in [0.25, 0.3) is 0 Å². The van der Waals surface area contributed by atoms with Crippen molar-refractivity contribution in [2.24, 2.45) is 0 Å². The van der Waals surface area contributed by atoms with Crippen molar-refractivity contribution in [3.8, 4) is 11.8 Å². The number of hydrogen-bond donors (Lipinski definition) is 1. The van der Waals surface area contributed by atoms with Crippen molar-refractivity contribution in [1.29, 1.82) is 0 Å². The highest BCUT2D eigenvalue weighted by atomic mass is 28.4. The molecule has 0 aromatic carbocycles. The lowest BCUT2D eigenvalue weighted by atomic mass is 9.99. The molecule has 32 heavy (non-hydrogen) atoms. The van der Waals surface area contributed by atoms with Crippen LogP contribution in [-0.2, 0) is 23.5 Å². The minimum absolute atomic E-state index is 0.0318. The van der Waals surface area contributed by atoms with Crippen molar-refractivity contribution in [3.63, 3.8) is 0 Å². The first-order valence-electron chi connectivity index (χ1n) is 10.7. The second-order valence-corrected chi connectivity index (χ2v) is 14.3. The first kappa shape index (κ1) is 29.9. The van der Waals surface area contributed by atoms with E-state index in [9.17, 15) is 14.7 Å². The van der Waals surface area contributed by atoms with Crippen LogP contribution in [0.15, 0.2) is 35.5 Å². The van der Waals surface area contributed by atoms with Crippen molar-refractivity contribution in [2.75, 3.05) is 13.2 Å². The summed E-state index contributed by atoms with van der Waals surface area (Å²) in [4.78, 5) is 23.1. The highest BCUT2D eigenvalue weighted by molar-refractivity contribution is 6.74. The maximum absolute atomic E-state index is 11.7. The summed E-state index contributed by atoms with van der Waals surface area (Å²) in [5, 5.41) is 10.6. The van der Waals surface area contributed by atoms with Crippen LogP contribution in [0, 0.1) is 11.8 Å². The Morgan fingerprint density at radius 2 is 1.72 bits per heavy atom. The molecule has 0 saturated heterocycles. The zero-order valence-electron chi connectivity index (χ0n) is 21.1. The van der Waals surface area contributed by atoms with E-state index < -0.39 is 32.5 Å². The second kappa shape index (κ2) is 13.4. The van der Waals surface area contributed by atoms with Gasteiger partial charge in [-0.05, 0) is 38.1 Å². The van der Waals surface area contributed by atoms with E-state index in [1.54, 1.807) is 12.2 Å². The lowest BCUT2D eigenvalue weighted by Crippen LogP contribution is -2.40. The zero-order valence-corrected chi connectivity index (χ0v) is 22.1. The first-order valence-corrected chi connectivity index (χ1v) is 13.6. The molecule has 0 saturated carbocycles. The predicted octanol–water partition coefficient (Wildman–Crippen LogP) is 4.71. The molecule has 0 spiro atoms. The van der Waals surface area contributed by atoms with Crippen LogP contribution in [0.25, 0.3) is 0 Å². The number of aliphatic hydroxyl groups excluding tert-OH is 1. The van der Waals surface area contributed by atoms with E-state index in [1.165, 1.54) is 13.8 Å². The third-order valence-electron chi connectivity index (χ3n) is 5.19. The van der Waals surface area contributed by atoms with E-state index in [0.29, 0.717) is 11.1 Å². The van der Waals surface area contributed by atoms with Crippen molar-refractivity contribution in [2.45, 2.75) is 85.2 Å². The fourth-order valence-electron chi connectivity index (χ4n) is 2.22. The van der Waals surface area contributed by atoms with E-state index in [-0.39, 0.29) is 24.7 Å². The Morgan fingerprint density at radius 3 is 2.19 bits per heavy atom. The van der Waals surface area contributed by atoms with Gasteiger partial charge in [-0.3, -0.25) is 9.59 Å². The smallest absolute Gasteiger partial charge is 0.303 e. The number of hydrogen-bond acceptors (Lipinski definition) is 6. The Bertz CT molecular complexity index is 785. The van der Waals surface area contributed by atoms with Crippen LogP contribution in [0.1, 0.15) is 54.9 Å². The monoisotopic (exact) mass is 464 g/mol. The van der Waals surface area contributed by atoms with E-state index in [2.05, 4.69) is 52.3 Å². The average molecular weight is 465 g/mol. The maximum atomic E-state index is 11.7. The molecular formula is C25H40O6Si. The van der Waals surface area contributed by atoms with Gasteiger partial charge in [0.05, 0.1) is 12.7 Å². The molecule has 2 atom stereocenters. The van der Waals surface area contributed by atoms with Gasteiger partial charge in [-0.25, -0.2) is 0 Å². The van der Waals surface area contributed by atoms with Gasteiger partial charge >= 0.3 is 11.9 Å². The third-order valence-corrected chi connectivity index (χ3v) is 9.69. The minimum Gasteiger partial charge on any atom is -0.461 e. The van der Waals surface area contributed by atoms with Crippen LogP contribution >= 0.6 is 0 Å². The van der Waals surface area contributed by atoms with Gasteiger partial charge in [-0.2, -0.15) is 0 Å². The van der Waals surface area contributed by atoms with Crippen LogP contribution in [0.4, 0.5) is 0 Å². The molecule has 0 aliphatic carbocycles. The highest BCUT2D eigenvalue weighted by Crippen LogP contribution is 2.36. The van der Waals surface area contributed by atoms with Gasteiger partial charge in [0.2, 0.25) is 0 Å². The van der Waals surface area contributed by atoms with Crippen molar-refractivity contribution in [3.05, 3.63) is 35.5 Å². The number of carbonyl (C=O) groups excluding carboxylic acids is 2. The summed E-state index contributed by atoms with van der Waals surface area (Å²) in [7, 11) is -2.00. The third kappa shape index (κ3) is 12.0. The highest BCUT2D eigenvalue weighted by Gasteiger charge is 2.37. The van der Waals surface area contributed by atoms with E-state index in [4.69, 9.17) is 13.9 Å². The molecule has 0 aromatic rings. The lowest BCUT2D eigenvalue weighted by molar-refractivity contribution is -0.146. The summed E-state index contributed by atoms with van der Waals surface area (Å²) >= 11 is 0. The molecule has 1 N–H and O–H groups in total. The molecule has 0 aliphatic rings. The summed E-state index contributed by atoms with van der Waals surface area (Å²) in [6.45, 7) is 21.2. The SMILES string of the molecule is C=C(C#CC=C(C)C)[C@@H](O)C[C@H](OC(C)=O)/C(=C/CO[Si](C)(C)C(C)(C)C)COC(C)=O. The number of ether oxygens (including phenoxy) is 2. The summed E-state index contributed by atoms with van der Waals surface area (Å²) in [6.07, 6.45) is 1.69. The summed E-state index contributed by atoms with van der Waals surface area (Å²) in [5.74, 6) is 4.67. The molecule has 7 heteroatoms. The summed E-state index contributed by atoms with van der Waals surface area (Å²) in [6, 6.07) is 0. The molecule has 0 aliphatic heterocycles. The van der Waals surface area contributed by atoms with E-state index >= 15 is 0 Å². The molecule has 180 valence electrons. The predicted molar refractivity (Wildman–Crippen MR) is 130 cm³/mol. The molecule has 0 bridgehead atoms. The number of aliphatic hydroxyl groups is 1. The summed E-state index contributed by atoms with van der Waals surface area (Å²) < 4.78 is 16.8. The fourth-order valence-corrected chi connectivity index (χ4v) is 3.15. The second-order valence-electron chi connectivity index (χ2n) is 9.50. The number of esters is 2. The van der Waals surface area contributed by atoms with E-state index in [0.717, 1.165) is 5.57 Å².